The summed E-state index contributed by atoms with van der Waals surface area (Å²) < 4.78 is 0. The van der Waals surface area contributed by atoms with Crippen molar-refractivity contribution in [3.8, 4) is 0 Å². The summed E-state index contributed by atoms with van der Waals surface area (Å²) >= 11 is 11.2. The second-order valence-corrected chi connectivity index (χ2v) is 4.60. The van der Waals surface area contributed by atoms with Gasteiger partial charge in [-0.2, -0.15) is 0 Å². The molecule has 92 valence electrons. The number of anilines is 2. The van der Waals surface area contributed by atoms with E-state index in [9.17, 15) is 0 Å². The van der Waals surface area contributed by atoms with Crippen molar-refractivity contribution in [2.24, 2.45) is 0 Å². The van der Waals surface area contributed by atoms with Crippen LogP contribution in [0, 0.1) is 6.92 Å². The predicted molar refractivity (Wildman–Crippen MR) is 80.3 cm³/mol. The summed E-state index contributed by atoms with van der Waals surface area (Å²) in [4.78, 5) is 4.21. The standard InChI is InChI=1S/C13H12ClN3S/c1-9-6-7-12(15-8-9)17-13(18)16-11-5-3-2-4-10(11)14/h2-8H,1H3,(H2,15,16,17,18). The molecule has 1 aromatic heterocycles. The average Bonchev–Trinajstić information content (AvgIpc) is 2.35. The number of hydrogen-bond donors (Lipinski definition) is 2. The van der Waals surface area contributed by atoms with Crippen LogP contribution in [0.2, 0.25) is 5.02 Å². The Morgan fingerprint density at radius 3 is 2.61 bits per heavy atom. The lowest BCUT2D eigenvalue weighted by Gasteiger charge is -2.10. The Morgan fingerprint density at radius 1 is 1.17 bits per heavy atom. The van der Waals surface area contributed by atoms with Gasteiger partial charge in [-0.05, 0) is 42.9 Å². The molecule has 5 heteroatoms. The minimum atomic E-state index is 0.458. The zero-order valence-corrected chi connectivity index (χ0v) is 11.3. The van der Waals surface area contributed by atoms with E-state index in [2.05, 4.69) is 15.6 Å². The summed E-state index contributed by atoms with van der Waals surface area (Å²) in [6.45, 7) is 1.98. The van der Waals surface area contributed by atoms with E-state index in [-0.39, 0.29) is 0 Å². The number of thiocarbonyl (C=S) groups is 1. The predicted octanol–water partition coefficient (Wildman–Crippen LogP) is 3.85. The second kappa shape index (κ2) is 5.80. The third-order valence-corrected chi connectivity index (χ3v) is 2.81. The summed E-state index contributed by atoms with van der Waals surface area (Å²) in [5.74, 6) is 0.699. The van der Waals surface area contributed by atoms with Crippen LogP contribution < -0.4 is 10.6 Å². The van der Waals surface area contributed by atoms with Gasteiger partial charge in [0.15, 0.2) is 5.11 Å². The topological polar surface area (TPSA) is 37.0 Å². The highest BCUT2D eigenvalue weighted by Crippen LogP contribution is 2.20. The summed E-state index contributed by atoms with van der Waals surface area (Å²) in [5, 5.41) is 7.10. The molecular formula is C13H12ClN3S. The molecule has 2 rings (SSSR count). The maximum absolute atomic E-state index is 6.03. The van der Waals surface area contributed by atoms with Gasteiger partial charge in [0.25, 0.3) is 0 Å². The molecule has 0 saturated carbocycles. The lowest BCUT2D eigenvalue weighted by molar-refractivity contribution is 1.27. The van der Waals surface area contributed by atoms with Crippen molar-refractivity contribution < 1.29 is 0 Å². The summed E-state index contributed by atoms with van der Waals surface area (Å²) in [7, 11) is 0. The fourth-order valence-electron chi connectivity index (χ4n) is 1.37. The number of pyridine rings is 1. The Kier molecular flexibility index (Phi) is 4.12. The van der Waals surface area contributed by atoms with Gasteiger partial charge in [-0.3, -0.25) is 0 Å². The van der Waals surface area contributed by atoms with Crippen molar-refractivity contribution in [3.63, 3.8) is 0 Å². The molecule has 0 spiro atoms. The number of halogens is 1. The average molecular weight is 278 g/mol. The van der Waals surface area contributed by atoms with Crippen molar-refractivity contribution in [1.82, 2.24) is 4.98 Å². The third-order valence-electron chi connectivity index (χ3n) is 2.28. The number of nitrogens with one attached hydrogen (secondary N) is 2. The van der Waals surface area contributed by atoms with Crippen LogP contribution in [0.15, 0.2) is 42.6 Å². The molecule has 0 bridgehead atoms. The van der Waals surface area contributed by atoms with Crippen LogP contribution >= 0.6 is 23.8 Å². The molecule has 1 heterocycles. The SMILES string of the molecule is Cc1ccc(NC(=S)Nc2ccccc2Cl)nc1. The molecule has 0 radical (unpaired) electrons. The highest BCUT2D eigenvalue weighted by molar-refractivity contribution is 7.80. The number of para-hydroxylation sites is 1. The molecule has 0 amide bonds. The number of hydrogen-bond acceptors (Lipinski definition) is 2. The maximum atomic E-state index is 6.03. The molecule has 0 atom stereocenters. The van der Waals surface area contributed by atoms with Gasteiger partial charge < -0.3 is 10.6 Å². The number of rotatable bonds is 2. The first-order valence-corrected chi connectivity index (χ1v) is 6.19. The number of aryl methyl sites for hydroxylation is 1. The van der Waals surface area contributed by atoms with Gasteiger partial charge in [-0.1, -0.05) is 29.8 Å². The molecule has 2 N–H and O–H groups in total. The first kappa shape index (κ1) is 12.8. The van der Waals surface area contributed by atoms with Crippen LogP contribution in [-0.4, -0.2) is 10.1 Å². The van der Waals surface area contributed by atoms with E-state index < -0.39 is 0 Å². The van der Waals surface area contributed by atoms with Crippen molar-refractivity contribution in [3.05, 3.63) is 53.2 Å². The minimum absolute atomic E-state index is 0.458. The molecule has 1 aromatic carbocycles. The first-order chi connectivity index (χ1) is 8.65. The molecular weight excluding hydrogens is 266 g/mol. The Bertz CT molecular complexity index is 554. The molecule has 0 fully saturated rings. The van der Waals surface area contributed by atoms with E-state index in [0.717, 1.165) is 11.3 Å². The normalized spacial score (nSPS) is 9.89. The van der Waals surface area contributed by atoms with Gasteiger partial charge in [0.1, 0.15) is 5.82 Å². The molecule has 3 nitrogen and oxygen atoms in total. The fraction of sp³-hybridized carbons (Fsp3) is 0.0769. The van der Waals surface area contributed by atoms with Gasteiger partial charge in [0, 0.05) is 6.20 Å². The molecule has 0 aliphatic heterocycles. The smallest absolute Gasteiger partial charge is 0.176 e. The van der Waals surface area contributed by atoms with E-state index in [4.69, 9.17) is 23.8 Å². The lowest BCUT2D eigenvalue weighted by atomic mass is 10.3. The monoisotopic (exact) mass is 277 g/mol. The van der Waals surface area contributed by atoms with Crippen molar-refractivity contribution in [2.45, 2.75) is 6.92 Å². The Hall–Kier alpha value is -1.65. The summed E-state index contributed by atoms with van der Waals surface area (Å²) in [6.07, 6.45) is 1.78. The van der Waals surface area contributed by atoms with E-state index in [1.165, 1.54) is 0 Å². The van der Waals surface area contributed by atoms with E-state index >= 15 is 0 Å². The van der Waals surface area contributed by atoms with E-state index in [0.29, 0.717) is 16.0 Å². The summed E-state index contributed by atoms with van der Waals surface area (Å²) in [6, 6.07) is 11.3. The lowest BCUT2D eigenvalue weighted by Crippen LogP contribution is -2.19. The van der Waals surface area contributed by atoms with E-state index in [1.807, 2.05) is 37.3 Å². The van der Waals surface area contributed by atoms with Gasteiger partial charge >= 0.3 is 0 Å². The molecule has 0 aliphatic rings. The maximum Gasteiger partial charge on any atom is 0.176 e. The molecule has 2 aromatic rings. The third kappa shape index (κ3) is 3.42. The zero-order chi connectivity index (χ0) is 13.0. The number of benzene rings is 1. The number of nitrogens with zero attached hydrogens (tertiary/aromatic N) is 1. The van der Waals surface area contributed by atoms with Crippen molar-refractivity contribution >= 4 is 40.4 Å². The van der Waals surface area contributed by atoms with Crippen LogP contribution in [0.25, 0.3) is 0 Å². The minimum Gasteiger partial charge on any atom is -0.331 e. The second-order valence-electron chi connectivity index (χ2n) is 3.78. The highest BCUT2D eigenvalue weighted by atomic mass is 35.5. The molecule has 0 unspecified atom stereocenters. The Labute approximate surface area is 116 Å². The van der Waals surface area contributed by atoms with Crippen LogP contribution in [0.5, 0.6) is 0 Å². The van der Waals surface area contributed by atoms with Gasteiger partial charge in [-0.15, -0.1) is 0 Å². The van der Waals surface area contributed by atoms with Gasteiger partial charge in [0.05, 0.1) is 10.7 Å². The Morgan fingerprint density at radius 2 is 1.94 bits per heavy atom. The van der Waals surface area contributed by atoms with Crippen molar-refractivity contribution in [2.75, 3.05) is 10.6 Å². The van der Waals surface area contributed by atoms with E-state index in [1.54, 1.807) is 12.3 Å². The molecule has 0 saturated heterocycles. The van der Waals surface area contributed by atoms with Crippen LogP contribution in [0.4, 0.5) is 11.5 Å². The number of aromatic nitrogens is 1. The largest absolute Gasteiger partial charge is 0.331 e. The Balaban J connectivity index is 2.01. The van der Waals surface area contributed by atoms with Gasteiger partial charge in [0.2, 0.25) is 0 Å². The first-order valence-electron chi connectivity index (χ1n) is 5.40. The van der Waals surface area contributed by atoms with Crippen molar-refractivity contribution in [1.29, 1.82) is 0 Å². The molecule has 18 heavy (non-hydrogen) atoms. The van der Waals surface area contributed by atoms with Gasteiger partial charge in [-0.25, -0.2) is 4.98 Å². The summed E-state index contributed by atoms with van der Waals surface area (Å²) in [5.41, 5.74) is 1.87. The quantitative estimate of drug-likeness (QED) is 0.818. The van der Waals surface area contributed by atoms with Crippen LogP contribution in [-0.2, 0) is 0 Å². The van der Waals surface area contributed by atoms with Crippen LogP contribution in [0.1, 0.15) is 5.56 Å². The zero-order valence-electron chi connectivity index (χ0n) is 9.77. The fourth-order valence-corrected chi connectivity index (χ4v) is 1.77. The highest BCUT2D eigenvalue weighted by Gasteiger charge is 2.02. The molecule has 0 aliphatic carbocycles. The van der Waals surface area contributed by atoms with Crippen LogP contribution in [0.3, 0.4) is 0 Å².